The lowest BCUT2D eigenvalue weighted by molar-refractivity contribution is 0.190. The van der Waals surface area contributed by atoms with E-state index in [0.717, 1.165) is 12.8 Å². The number of halogens is 1. The van der Waals surface area contributed by atoms with Crippen molar-refractivity contribution >= 4 is 21.6 Å². The first-order valence-electron chi connectivity index (χ1n) is 6.77. The van der Waals surface area contributed by atoms with E-state index in [4.69, 9.17) is 11.6 Å². The number of rotatable bonds is 4. The molecule has 1 aromatic carbocycles. The Morgan fingerprint density at radius 1 is 1.35 bits per heavy atom. The van der Waals surface area contributed by atoms with Gasteiger partial charge >= 0.3 is 0 Å². The van der Waals surface area contributed by atoms with Crippen LogP contribution in [0.15, 0.2) is 29.2 Å². The van der Waals surface area contributed by atoms with E-state index in [-0.39, 0.29) is 11.9 Å². The molecule has 1 heterocycles. The number of nitrogens with zero attached hydrogens (tertiary/aromatic N) is 2. The van der Waals surface area contributed by atoms with Gasteiger partial charge in [0, 0.05) is 25.0 Å². The predicted molar refractivity (Wildman–Crippen MR) is 81.5 cm³/mol. The average Bonchev–Trinajstić information content (AvgIpc) is 2.47. The number of likely N-dealkylation sites (N-methyl/N-ethyl adjacent to an activating group) is 1. The summed E-state index contributed by atoms with van der Waals surface area (Å²) in [6, 6.07) is 7.26. The van der Waals surface area contributed by atoms with Crippen molar-refractivity contribution < 1.29 is 8.42 Å². The van der Waals surface area contributed by atoms with Gasteiger partial charge in [0.2, 0.25) is 10.0 Å². The molecule has 4 nitrogen and oxygen atoms in total. The maximum atomic E-state index is 12.8. The fraction of sp³-hybridized carbons (Fsp3) is 0.571. The Kier molecular flexibility index (Phi) is 5.07. The lowest BCUT2D eigenvalue weighted by atomic mass is 10.1. The van der Waals surface area contributed by atoms with Gasteiger partial charge < -0.3 is 4.90 Å². The molecule has 0 amide bonds. The SMILES string of the molecule is CN(C)C1CCCN(S(=O)(=O)c2ccccc2CCl)C1. The van der Waals surface area contributed by atoms with Crippen LogP contribution in [-0.4, -0.2) is 50.8 Å². The molecule has 1 saturated heterocycles. The van der Waals surface area contributed by atoms with Crippen molar-refractivity contribution in [2.75, 3.05) is 27.2 Å². The molecule has 0 radical (unpaired) electrons. The van der Waals surface area contributed by atoms with Gasteiger partial charge in [-0.3, -0.25) is 0 Å². The van der Waals surface area contributed by atoms with Crippen molar-refractivity contribution in [3.63, 3.8) is 0 Å². The van der Waals surface area contributed by atoms with E-state index < -0.39 is 10.0 Å². The molecule has 1 fully saturated rings. The summed E-state index contributed by atoms with van der Waals surface area (Å²) in [6.45, 7) is 1.13. The topological polar surface area (TPSA) is 40.6 Å². The smallest absolute Gasteiger partial charge is 0.243 e. The number of benzene rings is 1. The summed E-state index contributed by atoms with van der Waals surface area (Å²) in [5.74, 6) is 0.209. The average molecular weight is 317 g/mol. The van der Waals surface area contributed by atoms with E-state index in [2.05, 4.69) is 4.90 Å². The number of piperidine rings is 1. The summed E-state index contributed by atoms with van der Waals surface area (Å²) in [7, 11) is 0.538. The zero-order valence-corrected chi connectivity index (χ0v) is 13.5. The summed E-state index contributed by atoms with van der Waals surface area (Å²) in [5, 5.41) is 0. The normalized spacial score (nSPS) is 21.3. The lowest BCUT2D eigenvalue weighted by Crippen LogP contribution is -2.47. The highest BCUT2D eigenvalue weighted by atomic mass is 35.5. The molecule has 1 aliphatic heterocycles. The molecule has 0 aliphatic carbocycles. The van der Waals surface area contributed by atoms with E-state index in [1.54, 1.807) is 22.5 Å². The van der Waals surface area contributed by atoms with E-state index in [1.165, 1.54) is 0 Å². The molecule has 1 aromatic rings. The summed E-state index contributed by atoms with van der Waals surface area (Å²) in [6.07, 6.45) is 1.93. The number of alkyl halides is 1. The minimum Gasteiger partial charge on any atom is -0.305 e. The van der Waals surface area contributed by atoms with E-state index >= 15 is 0 Å². The van der Waals surface area contributed by atoms with Crippen LogP contribution in [0.5, 0.6) is 0 Å². The van der Waals surface area contributed by atoms with Crippen LogP contribution in [0.25, 0.3) is 0 Å². The van der Waals surface area contributed by atoms with Crippen molar-refractivity contribution in [1.29, 1.82) is 0 Å². The fourth-order valence-electron chi connectivity index (χ4n) is 2.57. The first kappa shape index (κ1) is 15.8. The van der Waals surface area contributed by atoms with Gasteiger partial charge in [0.25, 0.3) is 0 Å². The van der Waals surface area contributed by atoms with Crippen LogP contribution in [0.3, 0.4) is 0 Å². The molecule has 20 heavy (non-hydrogen) atoms. The zero-order valence-electron chi connectivity index (χ0n) is 11.9. The third-order valence-electron chi connectivity index (χ3n) is 3.82. The molecule has 6 heteroatoms. The monoisotopic (exact) mass is 316 g/mol. The van der Waals surface area contributed by atoms with Crippen LogP contribution in [0.2, 0.25) is 0 Å². The summed E-state index contributed by atoms with van der Waals surface area (Å²) in [4.78, 5) is 2.43. The molecule has 0 aromatic heterocycles. The second kappa shape index (κ2) is 6.43. The minimum atomic E-state index is -3.45. The van der Waals surface area contributed by atoms with Gasteiger partial charge in [-0.15, -0.1) is 11.6 Å². The van der Waals surface area contributed by atoms with Gasteiger partial charge in [0.05, 0.1) is 4.90 Å². The maximum Gasteiger partial charge on any atom is 0.243 e. The standard InChI is InChI=1S/C14H21ClN2O2S/c1-16(2)13-7-5-9-17(11-13)20(18,19)14-8-4-3-6-12(14)10-15/h3-4,6,8,13H,5,7,9-11H2,1-2H3. The van der Waals surface area contributed by atoms with E-state index in [9.17, 15) is 8.42 Å². The fourth-order valence-corrected chi connectivity index (χ4v) is 4.62. The molecule has 112 valence electrons. The van der Waals surface area contributed by atoms with E-state index in [1.807, 2.05) is 20.2 Å². The highest BCUT2D eigenvalue weighted by molar-refractivity contribution is 7.89. The molecule has 0 saturated carbocycles. The summed E-state index contributed by atoms with van der Waals surface area (Å²) < 4.78 is 27.2. The minimum absolute atomic E-state index is 0.209. The third-order valence-corrected chi connectivity index (χ3v) is 6.08. The van der Waals surface area contributed by atoms with Crippen LogP contribution < -0.4 is 0 Å². The Hall–Kier alpha value is -0.620. The van der Waals surface area contributed by atoms with Crippen molar-refractivity contribution in [1.82, 2.24) is 9.21 Å². The first-order valence-corrected chi connectivity index (χ1v) is 8.74. The largest absolute Gasteiger partial charge is 0.305 e. The number of hydrogen-bond acceptors (Lipinski definition) is 3. The third kappa shape index (κ3) is 3.17. The van der Waals surface area contributed by atoms with Crippen LogP contribution in [0, 0.1) is 0 Å². The Morgan fingerprint density at radius 2 is 2.05 bits per heavy atom. The van der Waals surface area contributed by atoms with Gasteiger partial charge in [-0.2, -0.15) is 4.31 Å². The van der Waals surface area contributed by atoms with Crippen molar-refractivity contribution in [2.24, 2.45) is 0 Å². The van der Waals surface area contributed by atoms with Gasteiger partial charge in [-0.25, -0.2) is 8.42 Å². The predicted octanol–water partition coefficient (Wildman–Crippen LogP) is 2.14. The van der Waals surface area contributed by atoms with Gasteiger partial charge in [0.15, 0.2) is 0 Å². The van der Waals surface area contributed by atoms with Crippen LogP contribution in [0.4, 0.5) is 0 Å². The molecule has 2 rings (SSSR count). The molecule has 1 atom stereocenters. The highest BCUT2D eigenvalue weighted by Crippen LogP contribution is 2.25. The second-order valence-corrected chi connectivity index (χ2v) is 7.54. The summed E-state index contributed by atoms with van der Waals surface area (Å²) >= 11 is 5.86. The molecular formula is C14H21ClN2O2S. The molecular weight excluding hydrogens is 296 g/mol. The van der Waals surface area contributed by atoms with Crippen LogP contribution in [0.1, 0.15) is 18.4 Å². The van der Waals surface area contributed by atoms with Crippen molar-refractivity contribution in [3.05, 3.63) is 29.8 Å². The molecule has 0 spiro atoms. The Balaban J connectivity index is 2.30. The molecule has 0 bridgehead atoms. The number of hydrogen-bond donors (Lipinski definition) is 0. The van der Waals surface area contributed by atoms with Gasteiger partial charge in [-0.05, 0) is 38.6 Å². The van der Waals surface area contributed by atoms with Crippen molar-refractivity contribution in [3.8, 4) is 0 Å². The summed E-state index contributed by atoms with van der Waals surface area (Å²) in [5.41, 5.74) is 0.668. The van der Waals surface area contributed by atoms with Gasteiger partial charge in [-0.1, -0.05) is 18.2 Å². The second-order valence-electron chi connectivity index (χ2n) is 5.36. The molecule has 1 unspecified atom stereocenters. The Labute approximate surface area is 126 Å². The maximum absolute atomic E-state index is 12.8. The van der Waals surface area contributed by atoms with E-state index in [0.29, 0.717) is 23.5 Å². The lowest BCUT2D eigenvalue weighted by Gasteiger charge is -2.35. The zero-order chi connectivity index (χ0) is 14.8. The quantitative estimate of drug-likeness (QED) is 0.799. The Morgan fingerprint density at radius 3 is 2.70 bits per heavy atom. The van der Waals surface area contributed by atoms with Crippen LogP contribution >= 0.6 is 11.6 Å². The molecule has 1 aliphatic rings. The molecule has 0 N–H and O–H groups in total. The first-order chi connectivity index (χ1) is 9.46. The Bertz CT molecular complexity index is 560. The highest BCUT2D eigenvalue weighted by Gasteiger charge is 2.32. The van der Waals surface area contributed by atoms with Crippen LogP contribution in [-0.2, 0) is 15.9 Å². The van der Waals surface area contributed by atoms with Crippen molar-refractivity contribution in [2.45, 2.75) is 29.7 Å². The van der Waals surface area contributed by atoms with Gasteiger partial charge in [0.1, 0.15) is 0 Å². The number of sulfonamides is 1.